The minimum atomic E-state index is -4.04. The van der Waals surface area contributed by atoms with E-state index < -0.39 is 28.3 Å². The van der Waals surface area contributed by atoms with Crippen LogP contribution in [0.1, 0.15) is 16.7 Å². The van der Waals surface area contributed by atoms with Gasteiger partial charge in [-0.1, -0.05) is 53.6 Å². The third kappa shape index (κ3) is 6.46. The molecule has 0 heterocycles. The van der Waals surface area contributed by atoms with Crippen LogP contribution in [-0.2, 0) is 21.4 Å². The summed E-state index contributed by atoms with van der Waals surface area (Å²) in [5.41, 5.74) is 4.71. The number of nitrogens with zero attached hydrogens (tertiary/aromatic N) is 2. The summed E-state index contributed by atoms with van der Waals surface area (Å²) in [6.07, 6.45) is 1.48. The molecule has 0 aliphatic carbocycles. The predicted octanol–water partition coefficient (Wildman–Crippen LogP) is 4.13. The number of amides is 1. The zero-order valence-corrected chi connectivity index (χ0v) is 18.8. The number of benzene rings is 3. The molecule has 166 valence electrons. The van der Waals surface area contributed by atoms with Gasteiger partial charge in [0.2, 0.25) is 10.0 Å². The normalized spacial score (nSPS) is 11.8. The second-order valence-corrected chi connectivity index (χ2v) is 9.44. The van der Waals surface area contributed by atoms with Crippen LogP contribution in [0.2, 0.25) is 5.02 Å². The summed E-state index contributed by atoms with van der Waals surface area (Å²) in [7, 11) is -4.04. The van der Waals surface area contributed by atoms with Gasteiger partial charge in [-0.15, -0.1) is 0 Å². The van der Waals surface area contributed by atoms with Crippen molar-refractivity contribution < 1.29 is 17.6 Å². The van der Waals surface area contributed by atoms with Crippen LogP contribution in [0.15, 0.2) is 82.8 Å². The van der Waals surface area contributed by atoms with Crippen molar-refractivity contribution in [2.45, 2.75) is 18.4 Å². The minimum Gasteiger partial charge on any atom is -0.272 e. The quantitative estimate of drug-likeness (QED) is 0.394. The highest BCUT2D eigenvalue weighted by Crippen LogP contribution is 2.20. The van der Waals surface area contributed by atoms with Crippen molar-refractivity contribution in [2.75, 3.05) is 6.54 Å². The first-order chi connectivity index (χ1) is 15.2. The maximum atomic E-state index is 13.3. The van der Waals surface area contributed by atoms with Crippen LogP contribution in [0.5, 0.6) is 0 Å². The lowest BCUT2D eigenvalue weighted by atomic mass is 10.2. The summed E-state index contributed by atoms with van der Waals surface area (Å²) in [5, 5.41) is 4.29. The fraction of sp³-hybridized carbons (Fsp3) is 0.130. The fourth-order valence-electron chi connectivity index (χ4n) is 2.90. The molecular weight excluding hydrogens is 453 g/mol. The zero-order valence-electron chi connectivity index (χ0n) is 17.2. The standard InChI is InChI=1S/C23H21ClFN3O3S/c1-17-3-2-4-19(13-17)14-26-27-23(29)16-28(15-18-5-9-21(25)10-6-18)32(30,31)22-11-7-20(24)8-12-22/h2-14H,15-16H2,1H3,(H,27,29). The smallest absolute Gasteiger partial charge is 0.255 e. The Hall–Kier alpha value is -3.07. The van der Waals surface area contributed by atoms with Crippen LogP contribution in [0.25, 0.3) is 0 Å². The van der Waals surface area contributed by atoms with Gasteiger partial charge >= 0.3 is 0 Å². The van der Waals surface area contributed by atoms with Gasteiger partial charge in [-0.05, 0) is 54.4 Å². The van der Waals surface area contributed by atoms with E-state index in [1.165, 1.54) is 54.7 Å². The number of hydrazone groups is 1. The third-order valence-corrected chi connectivity index (χ3v) is 6.55. The van der Waals surface area contributed by atoms with E-state index in [1.807, 2.05) is 31.2 Å². The lowest BCUT2D eigenvalue weighted by Gasteiger charge is -2.21. The summed E-state index contributed by atoms with van der Waals surface area (Å²) >= 11 is 5.86. The summed E-state index contributed by atoms with van der Waals surface area (Å²) in [4.78, 5) is 12.5. The highest BCUT2D eigenvalue weighted by molar-refractivity contribution is 7.89. The summed E-state index contributed by atoms with van der Waals surface area (Å²) in [6.45, 7) is 1.33. The first kappa shape index (κ1) is 23.6. The molecule has 0 saturated carbocycles. The number of nitrogens with one attached hydrogen (secondary N) is 1. The van der Waals surface area contributed by atoms with Crippen molar-refractivity contribution in [2.24, 2.45) is 5.10 Å². The topological polar surface area (TPSA) is 78.8 Å². The van der Waals surface area contributed by atoms with Gasteiger partial charge in [0.25, 0.3) is 5.91 Å². The van der Waals surface area contributed by atoms with Gasteiger partial charge in [0.05, 0.1) is 17.7 Å². The Bertz CT molecular complexity index is 1210. The molecular formula is C23H21ClFN3O3S. The third-order valence-electron chi connectivity index (χ3n) is 4.49. The first-order valence-electron chi connectivity index (χ1n) is 9.63. The molecule has 0 atom stereocenters. The molecule has 0 aromatic heterocycles. The van der Waals surface area contributed by atoms with E-state index in [0.29, 0.717) is 10.6 Å². The molecule has 0 spiro atoms. The summed E-state index contributed by atoms with van der Waals surface area (Å²) in [6, 6.07) is 18.5. The van der Waals surface area contributed by atoms with E-state index in [-0.39, 0.29) is 11.4 Å². The molecule has 0 fully saturated rings. The van der Waals surface area contributed by atoms with E-state index in [2.05, 4.69) is 10.5 Å². The van der Waals surface area contributed by atoms with E-state index in [1.54, 1.807) is 0 Å². The molecule has 0 aliphatic heterocycles. The SMILES string of the molecule is Cc1cccc(C=NNC(=O)CN(Cc2ccc(F)cc2)S(=O)(=O)c2ccc(Cl)cc2)c1. The second-order valence-electron chi connectivity index (χ2n) is 7.06. The lowest BCUT2D eigenvalue weighted by Crippen LogP contribution is -2.39. The zero-order chi connectivity index (χ0) is 23.1. The summed E-state index contributed by atoms with van der Waals surface area (Å²) < 4.78 is 40.6. The largest absolute Gasteiger partial charge is 0.272 e. The number of carbonyl (C=O) groups excluding carboxylic acids is 1. The number of halogens is 2. The number of sulfonamides is 1. The Morgan fingerprint density at radius 1 is 1.09 bits per heavy atom. The van der Waals surface area contributed by atoms with Crippen molar-refractivity contribution in [1.29, 1.82) is 0 Å². The van der Waals surface area contributed by atoms with Crippen molar-refractivity contribution in [1.82, 2.24) is 9.73 Å². The average molecular weight is 474 g/mol. The molecule has 1 N–H and O–H groups in total. The summed E-state index contributed by atoms with van der Waals surface area (Å²) in [5.74, 6) is -1.06. The minimum absolute atomic E-state index is 0.0138. The number of aryl methyl sites for hydroxylation is 1. The molecule has 3 rings (SSSR count). The molecule has 0 radical (unpaired) electrons. The monoisotopic (exact) mass is 473 g/mol. The van der Waals surface area contributed by atoms with Crippen LogP contribution >= 0.6 is 11.6 Å². The van der Waals surface area contributed by atoms with Crippen LogP contribution in [0.3, 0.4) is 0 Å². The van der Waals surface area contributed by atoms with Crippen molar-refractivity contribution in [3.8, 4) is 0 Å². The van der Waals surface area contributed by atoms with Gasteiger partial charge in [-0.3, -0.25) is 4.79 Å². The molecule has 32 heavy (non-hydrogen) atoms. The molecule has 0 unspecified atom stereocenters. The van der Waals surface area contributed by atoms with Crippen LogP contribution < -0.4 is 5.43 Å². The van der Waals surface area contributed by atoms with Gasteiger partial charge in [0.15, 0.2) is 0 Å². The average Bonchev–Trinajstić information content (AvgIpc) is 2.75. The molecule has 9 heteroatoms. The highest BCUT2D eigenvalue weighted by atomic mass is 35.5. The lowest BCUT2D eigenvalue weighted by molar-refractivity contribution is -0.121. The molecule has 0 saturated heterocycles. The van der Waals surface area contributed by atoms with Crippen molar-refractivity contribution in [3.63, 3.8) is 0 Å². The maximum Gasteiger partial charge on any atom is 0.255 e. The van der Waals surface area contributed by atoms with E-state index in [9.17, 15) is 17.6 Å². The molecule has 0 aliphatic rings. The van der Waals surface area contributed by atoms with Crippen molar-refractivity contribution >= 4 is 33.7 Å². The Morgan fingerprint density at radius 2 is 1.78 bits per heavy atom. The molecule has 3 aromatic rings. The van der Waals surface area contributed by atoms with Crippen LogP contribution in [0, 0.1) is 12.7 Å². The molecule has 3 aromatic carbocycles. The van der Waals surface area contributed by atoms with Gasteiger partial charge in [-0.25, -0.2) is 18.2 Å². The highest BCUT2D eigenvalue weighted by Gasteiger charge is 2.27. The van der Waals surface area contributed by atoms with Gasteiger partial charge in [0.1, 0.15) is 5.82 Å². The second kappa shape index (κ2) is 10.5. The first-order valence-corrected chi connectivity index (χ1v) is 11.4. The van der Waals surface area contributed by atoms with Gasteiger partial charge in [-0.2, -0.15) is 9.41 Å². The predicted molar refractivity (Wildman–Crippen MR) is 122 cm³/mol. The molecule has 0 bridgehead atoms. The van der Waals surface area contributed by atoms with Crippen LogP contribution in [-0.4, -0.2) is 31.4 Å². The van der Waals surface area contributed by atoms with E-state index in [4.69, 9.17) is 11.6 Å². The molecule has 1 amide bonds. The van der Waals surface area contributed by atoms with E-state index >= 15 is 0 Å². The van der Waals surface area contributed by atoms with Gasteiger partial charge < -0.3 is 0 Å². The van der Waals surface area contributed by atoms with E-state index in [0.717, 1.165) is 15.4 Å². The maximum absolute atomic E-state index is 13.3. The number of hydrogen-bond donors (Lipinski definition) is 1. The van der Waals surface area contributed by atoms with Gasteiger partial charge in [0, 0.05) is 11.6 Å². The van der Waals surface area contributed by atoms with Crippen LogP contribution in [0.4, 0.5) is 4.39 Å². The fourth-order valence-corrected chi connectivity index (χ4v) is 4.41. The number of hydrogen-bond acceptors (Lipinski definition) is 4. The Morgan fingerprint density at radius 3 is 2.44 bits per heavy atom. The Kier molecular flexibility index (Phi) is 7.74. The number of carbonyl (C=O) groups is 1. The Labute approximate surface area is 191 Å². The Balaban J connectivity index is 1.79. The number of rotatable bonds is 8. The van der Waals surface area contributed by atoms with Crippen molar-refractivity contribution in [3.05, 3.63) is 100 Å². The molecule has 6 nitrogen and oxygen atoms in total.